The molecule has 2 fully saturated rings. The number of nitrogens with one attached hydrogen (secondary N) is 3. The second kappa shape index (κ2) is 16.0. The van der Waals surface area contributed by atoms with Gasteiger partial charge < -0.3 is 25.4 Å². The van der Waals surface area contributed by atoms with Gasteiger partial charge in [-0.05, 0) is 79.1 Å². The summed E-state index contributed by atoms with van der Waals surface area (Å²) in [7, 11) is 0. The number of hydrogen-bond donors (Lipinski definition) is 3. The van der Waals surface area contributed by atoms with E-state index in [1.165, 1.54) is 0 Å². The molecule has 0 spiro atoms. The van der Waals surface area contributed by atoms with Crippen LogP contribution in [0.5, 0.6) is 0 Å². The van der Waals surface area contributed by atoms with Crippen LogP contribution in [0.3, 0.4) is 0 Å². The molecular formula is C43H52FN7O2. The fourth-order valence-corrected chi connectivity index (χ4v) is 8.31. The third-order valence-electron chi connectivity index (χ3n) is 11.1. The van der Waals surface area contributed by atoms with Crippen LogP contribution in [0.2, 0.25) is 0 Å². The molecule has 0 aliphatic carbocycles. The van der Waals surface area contributed by atoms with Crippen LogP contribution in [0, 0.1) is 11.7 Å². The number of rotatable bonds is 12. The monoisotopic (exact) mass is 717 g/mol. The van der Waals surface area contributed by atoms with Gasteiger partial charge in [-0.3, -0.25) is 14.5 Å². The molecule has 2 amide bonds. The Morgan fingerprint density at radius 3 is 2.32 bits per heavy atom. The lowest BCUT2D eigenvalue weighted by Gasteiger charge is -2.36. The van der Waals surface area contributed by atoms with Crippen LogP contribution in [-0.2, 0) is 9.59 Å². The van der Waals surface area contributed by atoms with Gasteiger partial charge in [0.05, 0.1) is 29.7 Å². The van der Waals surface area contributed by atoms with Gasteiger partial charge in [0.1, 0.15) is 23.8 Å². The molecule has 0 saturated carbocycles. The zero-order chi connectivity index (χ0) is 37.1. The summed E-state index contributed by atoms with van der Waals surface area (Å²) in [6.07, 6.45) is 7.68. The molecule has 4 atom stereocenters. The predicted octanol–water partition coefficient (Wildman–Crippen LogP) is 7.48. The molecule has 3 aliphatic rings. The molecule has 4 heterocycles. The summed E-state index contributed by atoms with van der Waals surface area (Å²) < 4.78 is 15.8. The highest BCUT2D eigenvalue weighted by atomic mass is 19.1. The number of imidazole rings is 1. The predicted molar refractivity (Wildman–Crippen MR) is 207 cm³/mol. The van der Waals surface area contributed by atoms with E-state index in [9.17, 15) is 9.59 Å². The zero-order valence-electron chi connectivity index (χ0n) is 31.3. The normalized spacial score (nSPS) is 20.5. The molecule has 278 valence electrons. The van der Waals surface area contributed by atoms with Gasteiger partial charge in [-0.25, -0.2) is 9.37 Å². The molecule has 3 N–H and O–H groups in total. The lowest BCUT2D eigenvalue weighted by molar-refractivity contribution is -0.138. The highest BCUT2D eigenvalue weighted by Crippen LogP contribution is 2.34. The number of aromatic amines is 1. The van der Waals surface area contributed by atoms with E-state index in [1.807, 2.05) is 88.9 Å². The van der Waals surface area contributed by atoms with Crippen molar-refractivity contribution < 1.29 is 14.0 Å². The van der Waals surface area contributed by atoms with E-state index >= 15 is 4.39 Å². The summed E-state index contributed by atoms with van der Waals surface area (Å²) >= 11 is 0. The first-order valence-electron chi connectivity index (χ1n) is 19.3. The third kappa shape index (κ3) is 7.60. The van der Waals surface area contributed by atoms with Gasteiger partial charge in [-0.15, -0.1) is 0 Å². The summed E-state index contributed by atoms with van der Waals surface area (Å²) in [4.78, 5) is 41.4. The molecule has 3 aromatic carbocycles. The Hall–Kier alpha value is -4.96. The van der Waals surface area contributed by atoms with E-state index in [4.69, 9.17) is 0 Å². The number of nitrogens with zero attached hydrogens (tertiary/aromatic N) is 4. The number of likely N-dealkylation sites (N-methyl/N-ethyl adjacent to an activating group) is 1. The Labute approximate surface area is 312 Å². The minimum Gasteiger partial charge on any atom is -0.368 e. The van der Waals surface area contributed by atoms with Crippen LogP contribution in [0.1, 0.15) is 88.8 Å². The maximum Gasteiger partial charge on any atom is 0.244 e. The maximum absolute atomic E-state index is 15.8. The lowest BCUT2D eigenvalue weighted by Crippen LogP contribution is -2.54. The molecule has 1 unspecified atom stereocenters. The summed E-state index contributed by atoms with van der Waals surface area (Å²) in [6, 6.07) is 23.0. The Morgan fingerprint density at radius 2 is 1.60 bits per heavy atom. The summed E-state index contributed by atoms with van der Waals surface area (Å²) in [5, 5.41) is 6.93. The van der Waals surface area contributed by atoms with E-state index in [-0.39, 0.29) is 41.9 Å². The Morgan fingerprint density at radius 1 is 0.906 bits per heavy atom. The number of benzene rings is 3. The Bertz CT molecular complexity index is 1920. The minimum atomic E-state index is -0.342. The Balaban J connectivity index is 1.01. The molecular weight excluding hydrogens is 666 g/mol. The number of amides is 2. The molecule has 1 aromatic heterocycles. The molecule has 9 nitrogen and oxygen atoms in total. The number of H-pyrrole nitrogens is 1. The van der Waals surface area contributed by atoms with Gasteiger partial charge in [-0.1, -0.05) is 88.4 Å². The van der Waals surface area contributed by atoms with Crippen molar-refractivity contribution in [1.82, 2.24) is 35.3 Å². The highest BCUT2D eigenvalue weighted by molar-refractivity contribution is 5.84. The van der Waals surface area contributed by atoms with Crippen LogP contribution in [-0.4, -0.2) is 74.9 Å². The average Bonchev–Trinajstić information content (AvgIpc) is 4.00. The van der Waals surface area contributed by atoms with Crippen molar-refractivity contribution in [1.29, 1.82) is 0 Å². The first-order valence-corrected chi connectivity index (χ1v) is 19.3. The van der Waals surface area contributed by atoms with Crippen LogP contribution in [0.4, 0.5) is 4.39 Å². The first-order chi connectivity index (χ1) is 25.7. The summed E-state index contributed by atoms with van der Waals surface area (Å²) in [5.41, 5.74) is 5.74. The van der Waals surface area contributed by atoms with E-state index in [0.717, 1.165) is 79.1 Å². The first kappa shape index (κ1) is 36.4. The standard InChI is InChI=1S/C43H52FN7O2/c1-5-49(6-2)40(31-12-8-7-9-13-31)43(53)51-23-11-15-38(51)42-46-27-36(48-42)33-21-20-32(25-34(33)44)29-16-18-30(19-17-29)35-26-45-41(47-35)37-14-10-22-50(37)39(52)24-28(3)4/h7-9,12-13,16-21,25-28,37-38,40,42,46,48H,5-6,10-11,14-15,22-24H2,1-4H3,(H,45,47)/t37-,38-,40+,42?/m0/s1. The lowest BCUT2D eigenvalue weighted by atomic mass is 10.0. The number of likely N-dealkylation sites (tertiary alicyclic amines) is 2. The van der Waals surface area contributed by atoms with Gasteiger partial charge in [0.15, 0.2) is 0 Å². The van der Waals surface area contributed by atoms with Crippen molar-refractivity contribution in [3.05, 3.63) is 108 Å². The molecule has 0 bridgehead atoms. The van der Waals surface area contributed by atoms with Crippen molar-refractivity contribution in [2.24, 2.45) is 5.92 Å². The quantitative estimate of drug-likeness (QED) is 0.141. The average molecular weight is 718 g/mol. The van der Waals surface area contributed by atoms with Gasteiger partial charge in [-0.2, -0.15) is 0 Å². The number of aromatic nitrogens is 2. The van der Waals surface area contributed by atoms with Crippen molar-refractivity contribution in [3.8, 4) is 22.4 Å². The van der Waals surface area contributed by atoms with Crippen LogP contribution < -0.4 is 10.6 Å². The van der Waals surface area contributed by atoms with E-state index in [2.05, 4.69) is 53.2 Å². The van der Waals surface area contributed by atoms with Gasteiger partial charge >= 0.3 is 0 Å². The largest absolute Gasteiger partial charge is 0.368 e. The smallest absolute Gasteiger partial charge is 0.244 e. The molecule has 2 saturated heterocycles. The van der Waals surface area contributed by atoms with Crippen molar-refractivity contribution >= 4 is 17.5 Å². The Kier molecular flexibility index (Phi) is 11.0. The van der Waals surface area contributed by atoms with Gasteiger partial charge in [0, 0.05) is 31.3 Å². The van der Waals surface area contributed by atoms with E-state index in [0.29, 0.717) is 30.1 Å². The highest BCUT2D eigenvalue weighted by Gasteiger charge is 2.41. The fourth-order valence-electron chi connectivity index (χ4n) is 8.31. The number of carbonyl (C=O) groups is 2. The number of halogens is 1. The number of carbonyl (C=O) groups excluding carboxylic acids is 2. The van der Waals surface area contributed by atoms with Crippen molar-refractivity contribution in [3.63, 3.8) is 0 Å². The van der Waals surface area contributed by atoms with Gasteiger partial charge in [0.25, 0.3) is 0 Å². The SMILES string of the molecule is CCN(CC)[C@@H](C(=O)N1CCC[C@H]1C1NC=C(c2ccc(-c3ccc(-c4cnc([C@@H]5CCCN5C(=O)CC(C)C)[nH]4)cc3)cc2F)N1)c1ccccc1. The van der Waals surface area contributed by atoms with Crippen LogP contribution >= 0.6 is 0 Å². The van der Waals surface area contributed by atoms with Crippen molar-refractivity contribution in [2.45, 2.75) is 84.1 Å². The molecule has 4 aromatic rings. The summed E-state index contributed by atoms with van der Waals surface area (Å²) in [6.45, 7) is 11.4. The third-order valence-corrected chi connectivity index (χ3v) is 11.1. The van der Waals surface area contributed by atoms with E-state index in [1.54, 1.807) is 6.07 Å². The molecule has 53 heavy (non-hydrogen) atoms. The van der Waals surface area contributed by atoms with E-state index < -0.39 is 0 Å². The zero-order valence-corrected chi connectivity index (χ0v) is 31.3. The van der Waals surface area contributed by atoms with Gasteiger partial charge in [0.2, 0.25) is 11.8 Å². The molecule has 7 rings (SSSR count). The summed E-state index contributed by atoms with van der Waals surface area (Å²) in [5.74, 6) is 1.14. The van der Waals surface area contributed by atoms with Crippen molar-refractivity contribution in [2.75, 3.05) is 26.2 Å². The molecule has 3 aliphatic heterocycles. The molecule has 0 radical (unpaired) electrons. The van der Waals surface area contributed by atoms with Crippen LogP contribution in [0.25, 0.3) is 28.1 Å². The number of hydrogen-bond acceptors (Lipinski definition) is 6. The second-order valence-corrected chi connectivity index (χ2v) is 14.9. The van der Waals surface area contributed by atoms with Crippen LogP contribution in [0.15, 0.2) is 85.2 Å². The maximum atomic E-state index is 15.8. The minimum absolute atomic E-state index is 0.0187. The topological polar surface area (TPSA) is 96.6 Å². The second-order valence-electron chi connectivity index (χ2n) is 14.9. The molecule has 10 heteroatoms. The fraction of sp³-hybridized carbons (Fsp3) is 0.419.